The van der Waals surface area contributed by atoms with E-state index in [1.165, 1.54) is 0 Å². The number of carboxylic acid groups (broad SMARTS) is 1. The van der Waals surface area contributed by atoms with Crippen molar-refractivity contribution in [3.63, 3.8) is 0 Å². The largest absolute Gasteiger partial charge is 0.480 e. The number of amides is 2. The van der Waals surface area contributed by atoms with Gasteiger partial charge in [0, 0.05) is 25.7 Å². The van der Waals surface area contributed by atoms with Crippen molar-refractivity contribution < 1.29 is 19.5 Å². The molecule has 0 spiro atoms. The zero-order chi connectivity index (χ0) is 17.1. The summed E-state index contributed by atoms with van der Waals surface area (Å²) in [4.78, 5) is 36.9. The van der Waals surface area contributed by atoms with Crippen LogP contribution in [0.15, 0.2) is 0 Å². The third-order valence-corrected chi connectivity index (χ3v) is 3.12. The fraction of sp³-hybridized carbons (Fsp3) is 0.588. The highest BCUT2D eigenvalue weighted by Gasteiger charge is 2.35. The topological polar surface area (TPSA) is 74.7 Å². The minimum atomic E-state index is -1.19. The predicted octanol–water partition coefficient (Wildman–Crippen LogP) is 2.06. The molecule has 120 valence electrons. The lowest BCUT2D eigenvalue weighted by Gasteiger charge is -2.30. The van der Waals surface area contributed by atoms with Crippen LogP contribution in [0, 0.1) is 30.6 Å². The summed E-state index contributed by atoms with van der Waals surface area (Å²) in [5.74, 6) is 2.26. The summed E-state index contributed by atoms with van der Waals surface area (Å²) >= 11 is 0. The lowest BCUT2D eigenvalue weighted by molar-refractivity contribution is -0.160. The number of rotatable bonds is 9. The van der Waals surface area contributed by atoms with Gasteiger partial charge in [-0.05, 0) is 18.8 Å². The Balaban J connectivity index is 5.16. The molecule has 0 bridgehead atoms. The smallest absolute Gasteiger partial charge is 0.327 e. The average molecular weight is 305 g/mol. The third kappa shape index (κ3) is 6.45. The minimum absolute atomic E-state index is 0.0571. The monoisotopic (exact) mass is 305 g/mol. The number of nitrogens with zero attached hydrogens (tertiary/aromatic N) is 1. The van der Waals surface area contributed by atoms with Gasteiger partial charge < -0.3 is 5.11 Å². The molecular weight excluding hydrogens is 282 g/mol. The number of carbonyl (C=O) groups is 3. The molecule has 0 rings (SSSR count). The number of imide groups is 1. The Bertz CT molecular complexity index is 450. The molecule has 0 fully saturated rings. The molecular formula is C17H23NO4. The van der Waals surface area contributed by atoms with Crippen LogP contribution in [0.25, 0.3) is 0 Å². The van der Waals surface area contributed by atoms with Crippen LogP contribution in [-0.2, 0) is 14.4 Å². The first-order valence-corrected chi connectivity index (χ1v) is 7.31. The zero-order valence-corrected chi connectivity index (χ0v) is 13.2. The van der Waals surface area contributed by atoms with Gasteiger partial charge in [-0.25, -0.2) is 4.79 Å². The van der Waals surface area contributed by atoms with E-state index in [2.05, 4.69) is 11.8 Å². The first-order valence-electron chi connectivity index (χ1n) is 7.31. The Labute approximate surface area is 132 Å². The number of carboxylic acids is 1. The predicted molar refractivity (Wildman–Crippen MR) is 83.5 cm³/mol. The van der Waals surface area contributed by atoms with Gasteiger partial charge in [0.2, 0.25) is 11.8 Å². The number of hydrogen-bond donors (Lipinski definition) is 1. The van der Waals surface area contributed by atoms with Crippen LogP contribution in [0.1, 0.15) is 52.4 Å². The van der Waals surface area contributed by atoms with Crippen molar-refractivity contribution in [3.05, 3.63) is 0 Å². The molecule has 0 aliphatic carbocycles. The van der Waals surface area contributed by atoms with Crippen LogP contribution < -0.4 is 0 Å². The summed E-state index contributed by atoms with van der Waals surface area (Å²) < 4.78 is 0. The summed E-state index contributed by atoms with van der Waals surface area (Å²) in [7, 11) is 0. The van der Waals surface area contributed by atoms with E-state index < -0.39 is 23.8 Å². The van der Waals surface area contributed by atoms with Gasteiger partial charge in [-0.3, -0.25) is 14.5 Å². The van der Waals surface area contributed by atoms with Crippen LogP contribution >= 0.6 is 0 Å². The second-order valence-electron chi connectivity index (χ2n) is 5.30. The summed E-state index contributed by atoms with van der Waals surface area (Å²) in [6.07, 6.45) is 12.0. The van der Waals surface area contributed by atoms with Crippen LogP contribution in [0.2, 0.25) is 0 Å². The van der Waals surface area contributed by atoms with Crippen LogP contribution in [0.5, 0.6) is 0 Å². The number of aliphatic carboxylic acids is 1. The molecule has 1 N–H and O–H groups in total. The second-order valence-corrected chi connectivity index (χ2v) is 5.30. The number of unbranched alkanes of at least 4 members (excludes halogenated alkanes) is 2. The quantitative estimate of drug-likeness (QED) is 0.522. The minimum Gasteiger partial charge on any atom is -0.480 e. The molecule has 0 heterocycles. The molecule has 0 unspecified atom stereocenters. The van der Waals surface area contributed by atoms with Gasteiger partial charge >= 0.3 is 5.97 Å². The van der Waals surface area contributed by atoms with Crippen LogP contribution in [-0.4, -0.2) is 33.8 Å². The van der Waals surface area contributed by atoms with Crippen molar-refractivity contribution in [2.75, 3.05) is 0 Å². The van der Waals surface area contributed by atoms with Gasteiger partial charge in [0.1, 0.15) is 6.04 Å². The van der Waals surface area contributed by atoms with Gasteiger partial charge in [-0.15, -0.1) is 24.7 Å². The Morgan fingerprint density at radius 3 is 1.68 bits per heavy atom. The molecule has 0 aromatic rings. The van der Waals surface area contributed by atoms with Gasteiger partial charge in [0.05, 0.1) is 0 Å². The molecule has 1 atom stereocenters. The first kappa shape index (κ1) is 19.7. The molecule has 2 amide bonds. The van der Waals surface area contributed by atoms with Gasteiger partial charge in [0.15, 0.2) is 0 Å². The van der Waals surface area contributed by atoms with E-state index >= 15 is 0 Å². The van der Waals surface area contributed by atoms with Crippen LogP contribution in [0.4, 0.5) is 0 Å². The van der Waals surface area contributed by atoms with Gasteiger partial charge in [-0.2, -0.15) is 0 Å². The fourth-order valence-corrected chi connectivity index (χ4v) is 2.07. The molecule has 0 radical (unpaired) electrons. The van der Waals surface area contributed by atoms with Crippen molar-refractivity contribution in [2.24, 2.45) is 5.92 Å². The summed E-state index contributed by atoms with van der Waals surface area (Å²) in [6.45, 7) is 3.32. The molecule has 5 heteroatoms. The van der Waals surface area contributed by atoms with Crippen molar-refractivity contribution in [2.45, 2.75) is 58.4 Å². The summed E-state index contributed by atoms with van der Waals surface area (Å²) in [5.41, 5.74) is 0. The maximum absolute atomic E-state index is 12.3. The van der Waals surface area contributed by atoms with E-state index in [-0.39, 0.29) is 18.8 Å². The van der Waals surface area contributed by atoms with E-state index in [4.69, 9.17) is 12.8 Å². The molecule has 0 aliphatic rings. The summed E-state index contributed by atoms with van der Waals surface area (Å²) in [5, 5.41) is 9.34. The maximum atomic E-state index is 12.3. The van der Waals surface area contributed by atoms with Crippen molar-refractivity contribution in [3.8, 4) is 24.7 Å². The lowest BCUT2D eigenvalue weighted by atomic mass is 10.0. The van der Waals surface area contributed by atoms with Crippen molar-refractivity contribution in [1.29, 1.82) is 0 Å². The zero-order valence-electron chi connectivity index (χ0n) is 13.2. The van der Waals surface area contributed by atoms with E-state index in [0.717, 1.165) is 4.90 Å². The molecule has 22 heavy (non-hydrogen) atoms. The molecule has 5 nitrogen and oxygen atoms in total. The molecule has 0 aromatic heterocycles. The third-order valence-electron chi connectivity index (χ3n) is 3.12. The highest BCUT2D eigenvalue weighted by Crippen LogP contribution is 2.16. The number of terminal acetylenes is 2. The average Bonchev–Trinajstić information content (AvgIpc) is 2.43. The van der Waals surface area contributed by atoms with E-state index in [1.54, 1.807) is 13.8 Å². The summed E-state index contributed by atoms with van der Waals surface area (Å²) in [6, 6.07) is -1.17. The fourth-order valence-electron chi connectivity index (χ4n) is 2.07. The standard InChI is InChI=1S/C17H23NO4/c1-5-7-9-11-14(19)18(15(20)12-10-8-6-2)16(13(3)4)17(21)22/h1-2,13,16H,7-12H2,3-4H3,(H,21,22)/t16-/m0/s1. The SMILES string of the molecule is C#CCCCC(=O)N(C(=O)CCCC#C)[C@H](C(=O)O)C(C)C. The second kappa shape index (κ2) is 10.5. The Morgan fingerprint density at radius 2 is 1.41 bits per heavy atom. The van der Waals surface area contributed by atoms with Crippen LogP contribution in [0.3, 0.4) is 0 Å². The van der Waals surface area contributed by atoms with Gasteiger partial charge in [0.25, 0.3) is 0 Å². The highest BCUT2D eigenvalue weighted by atomic mass is 16.4. The Hall–Kier alpha value is -2.27. The normalized spacial score (nSPS) is 11.3. The van der Waals surface area contributed by atoms with Crippen molar-refractivity contribution >= 4 is 17.8 Å². The highest BCUT2D eigenvalue weighted by molar-refractivity contribution is 5.99. The maximum Gasteiger partial charge on any atom is 0.327 e. The molecule has 0 saturated carbocycles. The Kier molecular flexibility index (Phi) is 9.38. The number of carbonyl (C=O) groups excluding carboxylic acids is 2. The molecule has 0 aromatic carbocycles. The number of hydrogen-bond acceptors (Lipinski definition) is 3. The first-order chi connectivity index (χ1) is 10.4. The molecule has 0 saturated heterocycles. The van der Waals surface area contributed by atoms with E-state index in [1.807, 2.05) is 0 Å². The van der Waals surface area contributed by atoms with E-state index in [0.29, 0.717) is 25.7 Å². The van der Waals surface area contributed by atoms with Gasteiger partial charge in [-0.1, -0.05) is 13.8 Å². The molecule has 0 aliphatic heterocycles. The lowest BCUT2D eigenvalue weighted by Crippen LogP contribution is -2.51. The van der Waals surface area contributed by atoms with Crippen molar-refractivity contribution in [1.82, 2.24) is 4.90 Å². The van der Waals surface area contributed by atoms with E-state index in [9.17, 15) is 19.5 Å². The Morgan fingerprint density at radius 1 is 1.00 bits per heavy atom.